The Morgan fingerprint density at radius 2 is 1.68 bits per heavy atom. The van der Waals surface area contributed by atoms with E-state index in [1.165, 1.54) is 26.2 Å². The van der Waals surface area contributed by atoms with E-state index in [0.29, 0.717) is 5.69 Å². The lowest BCUT2D eigenvalue weighted by molar-refractivity contribution is -0.114. The Labute approximate surface area is 147 Å². The topological polar surface area (TPSA) is 69.7 Å². The lowest BCUT2D eigenvalue weighted by atomic mass is 10.2. The molecule has 2 aromatic carbocycles. The van der Waals surface area contributed by atoms with Crippen molar-refractivity contribution in [2.45, 2.75) is 6.92 Å². The molecule has 0 radical (unpaired) electrons. The normalized spacial score (nSPS) is 11.4. The number of carbonyl (C=O) groups is 1. The minimum absolute atomic E-state index is 0.204. The number of anilines is 2. The number of halogens is 1. The first-order valence-corrected chi connectivity index (χ1v) is 8.93. The van der Waals surface area contributed by atoms with Crippen LogP contribution in [-0.4, -0.2) is 39.3 Å². The molecule has 0 atom stereocenters. The largest absolute Gasteiger partial charge is 0.324 e. The van der Waals surface area contributed by atoms with Crippen molar-refractivity contribution < 1.29 is 17.6 Å². The van der Waals surface area contributed by atoms with E-state index < -0.39 is 28.5 Å². The van der Waals surface area contributed by atoms with E-state index in [1.54, 1.807) is 12.1 Å². The van der Waals surface area contributed by atoms with Crippen LogP contribution in [0.15, 0.2) is 48.5 Å². The molecule has 0 aromatic heterocycles. The van der Waals surface area contributed by atoms with Gasteiger partial charge in [0.15, 0.2) is 0 Å². The maximum Gasteiger partial charge on any atom is 0.304 e. The molecule has 0 unspecified atom stereocenters. The SMILES string of the molecule is Cc1ccccc1NC(=O)CN(c1ccc(F)cc1)S(=O)(=O)N(C)C. The molecule has 0 bridgehead atoms. The van der Waals surface area contributed by atoms with Crippen LogP contribution in [0.2, 0.25) is 0 Å². The van der Waals surface area contributed by atoms with Gasteiger partial charge in [-0.15, -0.1) is 0 Å². The number of carbonyl (C=O) groups excluding carboxylic acids is 1. The first-order valence-electron chi connectivity index (χ1n) is 7.53. The fourth-order valence-electron chi connectivity index (χ4n) is 2.14. The maximum absolute atomic E-state index is 13.1. The lowest BCUT2D eigenvalue weighted by Crippen LogP contribution is -2.44. The van der Waals surface area contributed by atoms with Gasteiger partial charge in [0, 0.05) is 19.8 Å². The van der Waals surface area contributed by atoms with E-state index in [1.807, 2.05) is 19.1 Å². The zero-order chi connectivity index (χ0) is 18.6. The van der Waals surface area contributed by atoms with Gasteiger partial charge in [-0.3, -0.25) is 4.79 Å². The number of aryl methyl sites for hydroxylation is 1. The molecule has 25 heavy (non-hydrogen) atoms. The van der Waals surface area contributed by atoms with Crippen LogP contribution in [0.25, 0.3) is 0 Å². The molecule has 6 nitrogen and oxygen atoms in total. The quantitative estimate of drug-likeness (QED) is 0.855. The van der Waals surface area contributed by atoms with Crippen LogP contribution < -0.4 is 9.62 Å². The van der Waals surface area contributed by atoms with E-state index in [0.717, 1.165) is 26.3 Å². The Hall–Kier alpha value is -2.45. The van der Waals surface area contributed by atoms with E-state index in [-0.39, 0.29) is 5.69 Å². The summed E-state index contributed by atoms with van der Waals surface area (Å²) in [5, 5.41) is 2.70. The van der Waals surface area contributed by atoms with Gasteiger partial charge in [-0.25, -0.2) is 8.70 Å². The van der Waals surface area contributed by atoms with Gasteiger partial charge in [0.1, 0.15) is 12.4 Å². The highest BCUT2D eigenvalue weighted by Gasteiger charge is 2.27. The second-order valence-electron chi connectivity index (χ2n) is 5.64. The number of rotatable bonds is 6. The molecule has 8 heteroatoms. The molecule has 2 rings (SSSR count). The number of nitrogens with zero attached hydrogens (tertiary/aromatic N) is 2. The van der Waals surface area contributed by atoms with Crippen molar-refractivity contribution in [2.75, 3.05) is 30.3 Å². The van der Waals surface area contributed by atoms with Gasteiger partial charge < -0.3 is 5.32 Å². The summed E-state index contributed by atoms with van der Waals surface area (Å²) in [6, 6.07) is 12.1. The van der Waals surface area contributed by atoms with Gasteiger partial charge in [-0.05, 0) is 42.8 Å². The smallest absolute Gasteiger partial charge is 0.304 e. The average molecular weight is 365 g/mol. The average Bonchev–Trinajstić information content (AvgIpc) is 2.55. The van der Waals surface area contributed by atoms with Gasteiger partial charge in [0.05, 0.1) is 5.69 Å². The Morgan fingerprint density at radius 1 is 1.08 bits per heavy atom. The molecule has 0 aliphatic rings. The summed E-state index contributed by atoms with van der Waals surface area (Å²) in [5.41, 5.74) is 1.67. The predicted octanol–water partition coefficient (Wildman–Crippen LogP) is 2.39. The molecule has 2 aromatic rings. The van der Waals surface area contributed by atoms with Gasteiger partial charge in [0.2, 0.25) is 5.91 Å². The molecule has 0 heterocycles. The fraction of sp³-hybridized carbons (Fsp3) is 0.235. The van der Waals surface area contributed by atoms with Crippen molar-refractivity contribution >= 4 is 27.5 Å². The molecule has 0 saturated heterocycles. The molecule has 0 fully saturated rings. The summed E-state index contributed by atoms with van der Waals surface area (Å²) in [6.07, 6.45) is 0. The van der Waals surface area contributed by atoms with Gasteiger partial charge in [-0.2, -0.15) is 12.7 Å². The van der Waals surface area contributed by atoms with Crippen LogP contribution in [0.3, 0.4) is 0 Å². The molecule has 0 aliphatic heterocycles. The number of nitrogens with one attached hydrogen (secondary N) is 1. The predicted molar refractivity (Wildman–Crippen MR) is 96.2 cm³/mol. The highest BCUT2D eigenvalue weighted by molar-refractivity contribution is 7.90. The number of benzene rings is 2. The lowest BCUT2D eigenvalue weighted by Gasteiger charge is -2.27. The minimum Gasteiger partial charge on any atom is -0.324 e. The van der Waals surface area contributed by atoms with Gasteiger partial charge in [0.25, 0.3) is 0 Å². The Balaban J connectivity index is 2.29. The van der Waals surface area contributed by atoms with Crippen molar-refractivity contribution in [1.82, 2.24) is 4.31 Å². The Morgan fingerprint density at radius 3 is 2.24 bits per heavy atom. The zero-order valence-electron chi connectivity index (χ0n) is 14.2. The molecule has 134 valence electrons. The Bertz CT molecular complexity index is 852. The molecular weight excluding hydrogens is 345 g/mol. The third kappa shape index (κ3) is 4.55. The summed E-state index contributed by atoms with van der Waals surface area (Å²) in [6.45, 7) is 1.41. The first kappa shape index (κ1) is 18.9. The second-order valence-corrected chi connectivity index (χ2v) is 7.70. The van der Waals surface area contributed by atoms with Crippen molar-refractivity contribution in [2.24, 2.45) is 0 Å². The zero-order valence-corrected chi connectivity index (χ0v) is 15.0. The summed E-state index contributed by atoms with van der Waals surface area (Å²) >= 11 is 0. The van der Waals surface area contributed by atoms with Crippen molar-refractivity contribution in [3.05, 3.63) is 59.9 Å². The monoisotopic (exact) mass is 365 g/mol. The van der Waals surface area contributed by atoms with Gasteiger partial charge >= 0.3 is 10.2 Å². The minimum atomic E-state index is -3.92. The molecule has 1 amide bonds. The molecular formula is C17H20FN3O3S. The summed E-state index contributed by atoms with van der Waals surface area (Å²) in [4.78, 5) is 12.4. The third-order valence-electron chi connectivity index (χ3n) is 3.56. The van der Waals surface area contributed by atoms with E-state index in [4.69, 9.17) is 0 Å². The van der Waals surface area contributed by atoms with Crippen LogP contribution in [0, 0.1) is 12.7 Å². The summed E-state index contributed by atoms with van der Waals surface area (Å²) < 4.78 is 40.2. The first-order chi connectivity index (χ1) is 11.7. The second kappa shape index (κ2) is 7.62. The molecule has 0 aliphatic carbocycles. The third-order valence-corrected chi connectivity index (χ3v) is 5.38. The molecule has 1 N–H and O–H groups in total. The Kier molecular flexibility index (Phi) is 5.76. The summed E-state index contributed by atoms with van der Waals surface area (Å²) in [7, 11) is -1.19. The van der Waals surface area contributed by atoms with E-state index >= 15 is 0 Å². The standard InChI is InChI=1S/C17H20FN3O3S/c1-13-6-4-5-7-16(13)19-17(22)12-21(25(23,24)20(2)3)15-10-8-14(18)9-11-15/h4-11H,12H2,1-3H3,(H,19,22). The maximum atomic E-state index is 13.1. The number of para-hydroxylation sites is 1. The van der Waals surface area contributed by atoms with Crippen molar-refractivity contribution in [3.63, 3.8) is 0 Å². The van der Waals surface area contributed by atoms with E-state index in [9.17, 15) is 17.6 Å². The van der Waals surface area contributed by atoms with Crippen LogP contribution in [-0.2, 0) is 15.0 Å². The van der Waals surface area contributed by atoms with Crippen LogP contribution >= 0.6 is 0 Å². The highest BCUT2D eigenvalue weighted by atomic mass is 32.2. The molecule has 0 saturated carbocycles. The van der Waals surface area contributed by atoms with E-state index in [2.05, 4.69) is 5.32 Å². The van der Waals surface area contributed by atoms with Crippen molar-refractivity contribution in [3.8, 4) is 0 Å². The fourth-order valence-corrected chi connectivity index (χ4v) is 3.21. The van der Waals surface area contributed by atoms with Crippen LogP contribution in [0.1, 0.15) is 5.56 Å². The number of hydrogen-bond donors (Lipinski definition) is 1. The number of amides is 1. The highest BCUT2D eigenvalue weighted by Crippen LogP contribution is 2.20. The van der Waals surface area contributed by atoms with Crippen LogP contribution in [0.4, 0.5) is 15.8 Å². The van der Waals surface area contributed by atoms with Crippen molar-refractivity contribution in [1.29, 1.82) is 0 Å². The summed E-state index contributed by atoms with van der Waals surface area (Å²) in [5.74, 6) is -0.987. The molecule has 0 spiro atoms. The van der Waals surface area contributed by atoms with Crippen LogP contribution in [0.5, 0.6) is 0 Å². The number of hydrogen-bond acceptors (Lipinski definition) is 3. The van der Waals surface area contributed by atoms with Gasteiger partial charge in [-0.1, -0.05) is 18.2 Å².